The number of ether oxygens (including phenoxy) is 8. The van der Waals surface area contributed by atoms with Gasteiger partial charge in [0, 0.05) is 31.4 Å². The van der Waals surface area contributed by atoms with Gasteiger partial charge in [-0.2, -0.15) is 0 Å². The first-order chi connectivity index (χ1) is 19.8. The highest BCUT2D eigenvalue weighted by Crippen LogP contribution is 2.41. The van der Waals surface area contributed by atoms with Crippen LogP contribution in [0.1, 0.15) is 35.2 Å². The van der Waals surface area contributed by atoms with E-state index >= 15 is 0 Å². The van der Waals surface area contributed by atoms with E-state index in [1.165, 1.54) is 48.7 Å². The van der Waals surface area contributed by atoms with Gasteiger partial charge in [-0.25, -0.2) is 9.59 Å². The molecule has 0 amide bonds. The topological polar surface area (TPSA) is 111 Å². The lowest BCUT2D eigenvalue weighted by atomic mass is 10.00. The number of hydrogen-bond acceptors (Lipinski definition) is 11. The van der Waals surface area contributed by atoms with E-state index in [9.17, 15) is 9.59 Å². The summed E-state index contributed by atoms with van der Waals surface area (Å²) in [6, 6.07) is 6.66. The summed E-state index contributed by atoms with van der Waals surface area (Å²) < 4.78 is 43.9. The van der Waals surface area contributed by atoms with Gasteiger partial charge in [-0.3, -0.25) is 4.90 Å². The first-order valence-corrected chi connectivity index (χ1v) is 13.2. The number of methoxy groups -OCH3 is 6. The average molecular weight is 572 g/mol. The van der Waals surface area contributed by atoms with Crippen molar-refractivity contribution in [2.24, 2.45) is 0 Å². The minimum Gasteiger partial charge on any atom is -0.493 e. The Morgan fingerprint density at radius 2 is 1.27 bits per heavy atom. The summed E-state index contributed by atoms with van der Waals surface area (Å²) in [5.41, 5.74) is 0.989. The Balaban J connectivity index is 1.40. The van der Waals surface area contributed by atoms with E-state index in [2.05, 4.69) is 4.90 Å². The summed E-state index contributed by atoms with van der Waals surface area (Å²) in [5.74, 6) is 1.62. The van der Waals surface area contributed by atoms with Crippen molar-refractivity contribution in [3.05, 3.63) is 41.5 Å². The van der Waals surface area contributed by atoms with Crippen molar-refractivity contribution in [3.8, 4) is 34.5 Å². The minimum atomic E-state index is -0.486. The summed E-state index contributed by atoms with van der Waals surface area (Å²) in [6.07, 6.45) is 4.20. The number of hydrogen-bond donors (Lipinski definition) is 0. The fourth-order valence-electron chi connectivity index (χ4n) is 5.57. The third kappa shape index (κ3) is 6.30. The lowest BCUT2D eigenvalue weighted by molar-refractivity contribution is -0.144. The van der Waals surface area contributed by atoms with Crippen molar-refractivity contribution in [2.45, 2.75) is 43.6 Å². The predicted molar refractivity (Wildman–Crippen MR) is 150 cm³/mol. The molecule has 11 heteroatoms. The van der Waals surface area contributed by atoms with Gasteiger partial charge in [0.25, 0.3) is 0 Å². The molecule has 2 bridgehead atoms. The molecule has 2 aliphatic heterocycles. The molecule has 4 unspecified atom stereocenters. The van der Waals surface area contributed by atoms with E-state index in [0.29, 0.717) is 64.9 Å². The predicted octanol–water partition coefficient (Wildman–Crippen LogP) is 3.76. The first-order valence-electron chi connectivity index (χ1n) is 13.2. The van der Waals surface area contributed by atoms with Crippen molar-refractivity contribution >= 4 is 18.0 Å². The van der Waals surface area contributed by atoms with Gasteiger partial charge in [0.1, 0.15) is 12.2 Å². The fraction of sp³-hybridized carbons (Fsp3) is 0.467. The molecule has 2 saturated heterocycles. The molecular weight excluding hydrogens is 534 g/mol. The summed E-state index contributed by atoms with van der Waals surface area (Å²) in [6.45, 7) is 0. The van der Waals surface area contributed by atoms with E-state index in [0.717, 1.165) is 0 Å². The zero-order valence-electron chi connectivity index (χ0n) is 24.4. The standard InChI is InChI=1S/C30H37NO10/c1-31-19-14-20(40-30(33)18-12-25(36-4)29(39-7)26(13-18)37-5)16-21(31)22(15-19)41-27(32)9-8-17-10-23(34-2)28(38-6)24(11-17)35-3/h8-13,19-22H,14-16H2,1-7H3/b9-8-. The maximum Gasteiger partial charge on any atom is 0.338 e. The normalized spacial score (nSPS) is 21.7. The lowest BCUT2D eigenvalue weighted by Crippen LogP contribution is -2.46. The summed E-state index contributed by atoms with van der Waals surface area (Å²) in [4.78, 5) is 28.0. The highest BCUT2D eigenvalue weighted by atomic mass is 16.6. The van der Waals surface area contributed by atoms with Crippen LogP contribution < -0.4 is 28.4 Å². The van der Waals surface area contributed by atoms with E-state index in [-0.39, 0.29) is 24.3 Å². The molecule has 2 heterocycles. The molecule has 0 radical (unpaired) electrons. The maximum atomic E-state index is 13.1. The largest absolute Gasteiger partial charge is 0.493 e. The van der Waals surface area contributed by atoms with Gasteiger partial charge >= 0.3 is 11.9 Å². The second-order valence-corrected chi connectivity index (χ2v) is 9.80. The molecule has 0 aromatic heterocycles. The second kappa shape index (κ2) is 13.0. The van der Waals surface area contributed by atoms with Gasteiger partial charge in [-0.05, 0) is 43.0 Å². The van der Waals surface area contributed by atoms with E-state index in [4.69, 9.17) is 37.9 Å². The Hall–Kier alpha value is -4.12. The molecule has 0 N–H and O–H groups in total. The zero-order valence-corrected chi connectivity index (χ0v) is 24.4. The van der Waals surface area contributed by atoms with Gasteiger partial charge in [0.2, 0.25) is 11.5 Å². The molecule has 0 aliphatic carbocycles. The van der Waals surface area contributed by atoms with Crippen LogP contribution >= 0.6 is 0 Å². The average Bonchev–Trinajstić information content (AvgIpc) is 3.14. The van der Waals surface area contributed by atoms with Crippen LogP contribution in [0.5, 0.6) is 34.5 Å². The minimum absolute atomic E-state index is 0.0787. The molecule has 4 atom stereocenters. The highest BCUT2D eigenvalue weighted by molar-refractivity contribution is 5.91. The van der Waals surface area contributed by atoms with Gasteiger partial charge in [0.05, 0.1) is 54.3 Å². The molecule has 2 aromatic carbocycles. The van der Waals surface area contributed by atoms with Crippen LogP contribution in [0, 0.1) is 0 Å². The Bertz CT molecular complexity index is 1240. The van der Waals surface area contributed by atoms with Crippen molar-refractivity contribution in [3.63, 3.8) is 0 Å². The van der Waals surface area contributed by atoms with Crippen LogP contribution in [0.4, 0.5) is 0 Å². The van der Waals surface area contributed by atoms with Crippen molar-refractivity contribution in [1.29, 1.82) is 0 Å². The zero-order chi connectivity index (χ0) is 29.7. The molecule has 2 aliphatic rings. The van der Waals surface area contributed by atoms with Crippen LogP contribution in [-0.2, 0) is 14.3 Å². The summed E-state index contributed by atoms with van der Waals surface area (Å²) >= 11 is 0. The number of rotatable bonds is 11. The number of likely N-dealkylation sites (N-methyl/N-ethyl adjacent to an activating group) is 1. The third-order valence-corrected chi connectivity index (χ3v) is 7.61. The Morgan fingerprint density at radius 1 is 0.732 bits per heavy atom. The smallest absolute Gasteiger partial charge is 0.338 e. The molecule has 2 fully saturated rings. The summed E-state index contributed by atoms with van der Waals surface area (Å²) in [5, 5.41) is 0. The molecule has 11 nitrogen and oxygen atoms in total. The molecule has 2 aromatic rings. The van der Waals surface area contributed by atoms with Crippen molar-refractivity contribution in [1.82, 2.24) is 4.90 Å². The van der Waals surface area contributed by atoms with Crippen molar-refractivity contribution < 1.29 is 47.5 Å². The SMILES string of the molecule is COc1cc(/C=C\C(=O)OC2CC3CC(OC(=O)c4cc(OC)c(OC)c(OC)c4)CC2N3C)cc(OC)c1OC. The monoisotopic (exact) mass is 571 g/mol. The van der Waals surface area contributed by atoms with Gasteiger partial charge in [-0.15, -0.1) is 0 Å². The fourth-order valence-corrected chi connectivity index (χ4v) is 5.57. The van der Waals surface area contributed by atoms with Crippen LogP contribution in [0.3, 0.4) is 0 Å². The molecule has 222 valence electrons. The molecule has 0 saturated carbocycles. The van der Waals surface area contributed by atoms with E-state index < -0.39 is 11.9 Å². The number of nitrogens with zero attached hydrogens (tertiary/aromatic N) is 1. The Morgan fingerprint density at radius 3 is 1.78 bits per heavy atom. The molecular formula is C30H37NO10. The van der Waals surface area contributed by atoms with Crippen LogP contribution in [0.2, 0.25) is 0 Å². The molecule has 41 heavy (non-hydrogen) atoms. The van der Waals surface area contributed by atoms with Gasteiger partial charge < -0.3 is 37.9 Å². The maximum absolute atomic E-state index is 13.1. The summed E-state index contributed by atoms with van der Waals surface area (Å²) in [7, 11) is 11.1. The number of fused-ring (bicyclic) bond motifs is 2. The first kappa shape index (κ1) is 29.9. The quantitative estimate of drug-likeness (QED) is 0.290. The lowest BCUT2D eigenvalue weighted by Gasteiger charge is -2.36. The van der Waals surface area contributed by atoms with Crippen LogP contribution in [0.25, 0.3) is 6.08 Å². The van der Waals surface area contributed by atoms with Gasteiger partial charge in [0.15, 0.2) is 23.0 Å². The number of benzene rings is 2. The third-order valence-electron chi connectivity index (χ3n) is 7.61. The number of carbonyl (C=O) groups excluding carboxylic acids is 2. The Kier molecular flexibility index (Phi) is 9.49. The highest BCUT2D eigenvalue weighted by Gasteiger charge is 2.47. The number of carbonyl (C=O) groups is 2. The second-order valence-electron chi connectivity index (χ2n) is 9.80. The molecule has 0 spiro atoms. The van der Waals surface area contributed by atoms with Gasteiger partial charge in [-0.1, -0.05) is 0 Å². The molecule has 4 rings (SSSR count). The van der Waals surface area contributed by atoms with Crippen LogP contribution in [-0.4, -0.2) is 90.8 Å². The Labute approximate surface area is 239 Å². The number of piperidine rings is 1. The van der Waals surface area contributed by atoms with Crippen LogP contribution in [0.15, 0.2) is 30.3 Å². The number of esters is 2. The van der Waals surface area contributed by atoms with E-state index in [1.54, 1.807) is 30.3 Å². The van der Waals surface area contributed by atoms with E-state index in [1.807, 2.05) is 7.05 Å². The van der Waals surface area contributed by atoms with Crippen molar-refractivity contribution in [2.75, 3.05) is 49.7 Å².